The lowest BCUT2D eigenvalue weighted by molar-refractivity contribution is -0.127. The summed E-state index contributed by atoms with van der Waals surface area (Å²) in [4.78, 5) is 42.5. The lowest BCUT2D eigenvalue weighted by atomic mass is 10.2. The number of anilines is 1. The molecule has 3 heterocycles. The van der Waals surface area contributed by atoms with E-state index in [9.17, 15) is 18.8 Å². The Bertz CT molecular complexity index is 1230. The first kappa shape index (κ1) is 21.0. The number of carbonyl (C=O) groups is 3. The van der Waals surface area contributed by atoms with Crippen LogP contribution in [0.5, 0.6) is 0 Å². The summed E-state index contributed by atoms with van der Waals surface area (Å²) in [5.41, 5.74) is 2.95. The highest BCUT2D eigenvalue weighted by atomic mass is 19.1. The minimum atomic E-state index is -0.686. The van der Waals surface area contributed by atoms with E-state index >= 15 is 0 Å². The molecule has 4 amide bonds. The maximum atomic E-state index is 13.0. The predicted molar refractivity (Wildman–Crippen MR) is 116 cm³/mol. The van der Waals surface area contributed by atoms with Gasteiger partial charge in [-0.3, -0.25) is 9.59 Å². The number of aryl methyl sites for hydroxylation is 1. The summed E-state index contributed by atoms with van der Waals surface area (Å²) < 4.78 is 14.9. The van der Waals surface area contributed by atoms with Crippen LogP contribution in [0.2, 0.25) is 0 Å². The number of nitrogens with zero attached hydrogens (tertiary/aromatic N) is 3. The van der Waals surface area contributed by atoms with Crippen molar-refractivity contribution in [3.8, 4) is 5.82 Å². The molecule has 1 fully saturated rings. The van der Waals surface area contributed by atoms with Gasteiger partial charge >= 0.3 is 6.03 Å². The third kappa shape index (κ3) is 4.13. The van der Waals surface area contributed by atoms with E-state index in [2.05, 4.69) is 15.6 Å². The normalized spacial score (nSPS) is 14.7. The molecule has 1 aromatic carbocycles. The fraction of sp³-hybridized carbons (Fsp3) is 0.130. The Morgan fingerprint density at radius 2 is 1.91 bits per heavy atom. The number of urea groups is 1. The van der Waals surface area contributed by atoms with Gasteiger partial charge in [0.05, 0.1) is 0 Å². The van der Waals surface area contributed by atoms with Crippen molar-refractivity contribution in [2.24, 2.45) is 0 Å². The first-order chi connectivity index (χ1) is 15.3. The number of rotatable bonds is 5. The van der Waals surface area contributed by atoms with E-state index < -0.39 is 30.2 Å². The number of amides is 4. The van der Waals surface area contributed by atoms with Crippen molar-refractivity contribution in [3.63, 3.8) is 0 Å². The molecule has 2 aromatic heterocycles. The van der Waals surface area contributed by atoms with E-state index in [4.69, 9.17) is 0 Å². The van der Waals surface area contributed by atoms with Gasteiger partial charge in [-0.15, -0.1) is 0 Å². The van der Waals surface area contributed by atoms with Crippen LogP contribution in [0.1, 0.15) is 17.0 Å². The lowest BCUT2D eigenvalue weighted by Crippen LogP contribution is -2.38. The number of benzene rings is 1. The van der Waals surface area contributed by atoms with Crippen LogP contribution in [0.4, 0.5) is 14.9 Å². The maximum absolute atomic E-state index is 13.0. The van der Waals surface area contributed by atoms with Crippen molar-refractivity contribution in [3.05, 3.63) is 83.2 Å². The van der Waals surface area contributed by atoms with Crippen LogP contribution in [-0.4, -0.2) is 38.8 Å². The van der Waals surface area contributed by atoms with E-state index in [0.29, 0.717) is 5.69 Å². The molecule has 3 aromatic rings. The van der Waals surface area contributed by atoms with Crippen molar-refractivity contribution in [1.29, 1.82) is 0 Å². The molecule has 9 heteroatoms. The summed E-state index contributed by atoms with van der Waals surface area (Å²) in [6.45, 7) is 3.35. The molecular weight excluding hydrogens is 413 g/mol. The molecular formula is C23H20FN5O3. The zero-order valence-corrected chi connectivity index (χ0v) is 17.4. The summed E-state index contributed by atoms with van der Waals surface area (Å²) in [6, 6.07) is 12.0. The number of aromatic nitrogens is 2. The Labute approximate surface area is 183 Å². The third-order valence-electron chi connectivity index (χ3n) is 5.04. The second-order valence-electron chi connectivity index (χ2n) is 7.28. The second kappa shape index (κ2) is 8.46. The van der Waals surface area contributed by atoms with Crippen LogP contribution in [0, 0.1) is 19.7 Å². The van der Waals surface area contributed by atoms with Crippen LogP contribution >= 0.6 is 0 Å². The van der Waals surface area contributed by atoms with Crippen molar-refractivity contribution in [1.82, 2.24) is 19.8 Å². The SMILES string of the molecule is Cc1cc(/C=C2\NC(=O)N(CC(=O)Nc3ccc(F)cc3)C2=O)c(C)n1-c1ccccn1. The van der Waals surface area contributed by atoms with Crippen molar-refractivity contribution in [2.75, 3.05) is 11.9 Å². The smallest absolute Gasteiger partial charge is 0.325 e. The largest absolute Gasteiger partial charge is 0.329 e. The highest BCUT2D eigenvalue weighted by Gasteiger charge is 2.35. The Hall–Kier alpha value is -4.27. The molecule has 1 aliphatic heterocycles. The number of halogens is 1. The minimum Gasteiger partial charge on any atom is -0.325 e. The highest BCUT2D eigenvalue weighted by Crippen LogP contribution is 2.23. The molecule has 0 bridgehead atoms. The zero-order valence-electron chi connectivity index (χ0n) is 17.4. The molecule has 162 valence electrons. The molecule has 0 radical (unpaired) electrons. The average Bonchev–Trinajstić information content (AvgIpc) is 3.19. The summed E-state index contributed by atoms with van der Waals surface area (Å²) >= 11 is 0. The average molecular weight is 433 g/mol. The third-order valence-corrected chi connectivity index (χ3v) is 5.04. The van der Waals surface area contributed by atoms with Gasteiger partial charge in [0.25, 0.3) is 5.91 Å². The van der Waals surface area contributed by atoms with Crippen LogP contribution in [0.15, 0.2) is 60.4 Å². The highest BCUT2D eigenvalue weighted by molar-refractivity contribution is 6.16. The molecule has 0 spiro atoms. The number of nitrogens with one attached hydrogen (secondary N) is 2. The van der Waals surface area contributed by atoms with Gasteiger partial charge in [0, 0.05) is 23.3 Å². The molecule has 32 heavy (non-hydrogen) atoms. The van der Waals surface area contributed by atoms with Crippen LogP contribution in [0.3, 0.4) is 0 Å². The Morgan fingerprint density at radius 1 is 1.16 bits per heavy atom. The summed E-state index contributed by atoms with van der Waals surface area (Å²) in [7, 11) is 0. The second-order valence-corrected chi connectivity index (χ2v) is 7.28. The van der Waals surface area contributed by atoms with Crippen molar-refractivity contribution < 1.29 is 18.8 Å². The first-order valence-corrected chi connectivity index (χ1v) is 9.84. The Balaban J connectivity index is 1.51. The van der Waals surface area contributed by atoms with E-state index in [-0.39, 0.29) is 5.70 Å². The Morgan fingerprint density at radius 3 is 2.59 bits per heavy atom. The molecule has 0 atom stereocenters. The minimum absolute atomic E-state index is 0.0749. The standard InChI is InChI=1S/C23H20FN5O3/c1-14-11-16(15(2)29(14)20-5-3-4-10-25-20)12-19-22(31)28(23(32)27-19)13-21(30)26-18-8-6-17(24)7-9-18/h3-12H,13H2,1-2H3,(H,26,30)(H,27,32)/b19-12-. The molecule has 0 unspecified atom stereocenters. The van der Waals surface area contributed by atoms with Crippen molar-refractivity contribution >= 4 is 29.6 Å². The molecule has 2 N–H and O–H groups in total. The van der Waals surface area contributed by atoms with Gasteiger partial charge in [0.15, 0.2) is 0 Å². The Kier molecular flexibility index (Phi) is 5.55. The molecule has 1 aliphatic rings. The molecule has 0 saturated carbocycles. The van der Waals surface area contributed by atoms with Gasteiger partial charge in [-0.1, -0.05) is 6.07 Å². The fourth-order valence-corrected chi connectivity index (χ4v) is 3.52. The van der Waals surface area contributed by atoms with E-state index in [1.165, 1.54) is 24.3 Å². The first-order valence-electron chi connectivity index (χ1n) is 9.84. The van der Waals surface area contributed by atoms with Gasteiger partial charge < -0.3 is 15.2 Å². The lowest BCUT2D eigenvalue weighted by Gasteiger charge is -2.11. The molecule has 4 rings (SSSR count). The van der Waals surface area contributed by atoms with Gasteiger partial charge in [0.1, 0.15) is 23.9 Å². The van der Waals surface area contributed by atoms with E-state index in [1.807, 2.05) is 42.7 Å². The van der Waals surface area contributed by atoms with Crippen LogP contribution < -0.4 is 10.6 Å². The predicted octanol–water partition coefficient (Wildman–Crippen LogP) is 3.16. The quantitative estimate of drug-likeness (QED) is 0.477. The monoisotopic (exact) mass is 433 g/mol. The van der Waals surface area contributed by atoms with Crippen molar-refractivity contribution in [2.45, 2.75) is 13.8 Å². The van der Waals surface area contributed by atoms with Gasteiger partial charge in [-0.05, 0) is 68.0 Å². The molecule has 8 nitrogen and oxygen atoms in total. The topological polar surface area (TPSA) is 96.3 Å². The van der Waals surface area contributed by atoms with Gasteiger partial charge in [0.2, 0.25) is 5.91 Å². The number of hydrogen-bond donors (Lipinski definition) is 2. The number of carbonyl (C=O) groups excluding carboxylic acids is 3. The number of hydrogen-bond acceptors (Lipinski definition) is 4. The van der Waals surface area contributed by atoms with E-state index in [1.54, 1.807) is 12.3 Å². The fourth-order valence-electron chi connectivity index (χ4n) is 3.52. The molecule has 0 aliphatic carbocycles. The van der Waals surface area contributed by atoms with E-state index in [0.717, 1.165) is 27.7 Å². The summed E-state index contributed by atoms with van der Waals surface area (Å²) in [5, 5.41) is 5.05. The number of pyridine rings is 1. The number of imide groups is 1. The maximum Gasteiger partial charge on any atom is 0.329 e. The van der Waals surface area contributed by atoms with Crippen LogP contribution in [-0.2, 0) is 9.59 Å². The zero-order chi connectivity index (χ0) is 22.8. The summed E-state index contributed by atoms with van der Waals surface area (Å²) in [6.07, 6.45) is 3.28. The van der Waals surface area contributed by atoms with Gasteiger partial charge in [-0.2, -0.15) is 0 Å². The van der Waals surface area contributed by atoms with Crippen LogP contribution in [0.25, 0.3) is 11.9 Å². The molecule has 1 saturated heterocycles. The van der Waals surface area contributed by atoms with Gasteiger partial charge in [-0.25, -0.2) is 19.1 Å². The summed E-state index contributed by atoms with van der Waals surface area (Å²) in [5.74, 6) is -0.871.